The topological polar surface area (TPSA) is 105 Å². The molecule has 2 aliphatic heterocycles. The van der Waals surface area contributed by atoms with Crippen LogP contribution in [0.5, 0.6) is 0 Å². The smallest absolute Gasteiger partial charge is 0.250 e. The van der Waals surface area contributed by atoms with Crippen LogP contribution in [0.4, 0.5) is 0 Å². The highest BCUT2D eigenvalue weighted by Gasteiger charge is 2.49. The zero-order chi connectivity index (χ0) is 13.3. The lowest BCUT2D eigenvalue weighted by Crippen LogP contribution is -2.47. The van der Waals surface area contributed by atoms with Crippen LogP contribution in [0, 0.1) is 5.92 Å². The zero-order valence-corrected chi connectivity index (χ0v) is 9.78. The van der Waals surface area contributed by atoms with Gasteiger partial charge in [-0.1, -0.05) is 6.08 Å². The number of aliphatic hydroxyl groups excluding tert-OH is 2. The third kappa shape index (κ3) is 2.17. The lowest BCUT2D eigenvalue weighted by Gasteiger charge is -2.25. The Hall–Kier alpha value is -1.28. The first kappa shape index (κ1) is 13.2. The summed E-state index contributed by atoms with van der Waals surface area (Å²) in [6, 6.07) is 0. The molecule has 2 heterocycles. The largest absolute Gasteiger partial charge is 0.394 e. The summed E-state index contributed by atoms with van der Waals surface area (Å²) in [6.45, 7) is -0.367. The van der Waals surface area contributed by atoms with Crippen LogP contribution in [-0.2, 0) is 19.1 Å². The quantitative estimate of drug-likeness (QED) is 0.503. The molecule has 7 heteroatoms. The third-order valence-corrected chi connectivity index (χ3v) is 3.18. The Bertz CT molecular complexity index is 382. The van der Waals surface area contributed by atoms with Crippen molar-refractivity contribution in [2.45, 2.75) is 24.4 Å². The molecule has 0 aromatic heterocycles. The molecule has 2 aliphatic rings. The molecule has 0 aromatic carbocycles. The van der Waals surface area contributed by atoms with Gasteiger partial charge in [0.25, 0.3) is 0 Å². The standard InChI is InChI=1S/C11H15NO6/c1-17-10-8(15)6(4-13)18-9(10)5-2-3-7(14)12-11(5)16/h2-3,5-6,8-10,13,15H,4H2,1H3,(H,12,14,16)/t5?,6-,8-,9+,10-/m1/s1. The van der Waals surface area contributed by atoms with E-state index in [1.807, 2.05) is 0 Å². The van der Waals surface area contributed by atoms with E-state index in [1.54, 1.807) is 0 Å². The van der Waals surface area contributed by atoms with E-state index >= 15 is 0 Å². The predicted octanol–water partition coefficient (Wildman–Crippen LogP) is -2.05. The lowest BCUT2D eigenvalue weighted by atomic mass is 9.93. The van der Waals surface area contributed by atoms with E-state index in [2.05, 4.69) is 5.32 Å². The number of aliphatic hydroxyl groups is 2. The molecule has 5 atom stereocenters. The Kier molecular flexibility index (Phi) is 3.76. The summed E-state index contributed by atoms with van der Waals surface area (Å²) >= 11 is 0. The molecular formula is C11H15NO6. The summed E-state index contributed by atoms with van der Waals surface area (Å²) in [5.74, 6) is -1.71. The third-order valence-electron chi connectivity index (χ3n) is 3.18. The second kappa shape index (κ2) is 5.15. The van der Waals surface area contributed by atoms with Crippen molar-refractivity contribution in [3.63, 3.8) is 0 Å². The number of imide groups is 1. The maximum absolute atomic E-state index is 11.7. The molecule has 2 amide bonds. The molecule has 0 aliphatic carbocycles. The maximum Gasteiger partial charge on any atom is 0.250 e. The summed E-state index contributed by atoms with van der Waals surface area (Å²) in [5, 5.41) is 21.1. The highest BCUT2D eigenvalue weighted by atomic mass is 16.6. The van der Waals surface area contributed by atoms with Crippen LogP contribution in [0.15, 0.2) is 12.2 Å². The summed E-state index contributed by atoms with van der Waals surface area (Å²) in [7, 11) is 1.39. The number of hydrogen-bond acceptors (Lipinski definition) is 6. The molecule has 1 unspecified atom stereocenters. The molecule has 0 radical (unpaired) electrons. The summed E-state index contributed by atoms with van der Waals surface area (Å²) in [6.07, 6.45) is -0.602. The summed E-state index contributed by atoms with van der Waals surface area (Å²) in [5.41, 5.74) is 0. The number of amides is 2. The molecule has 0 aromatic rings. The van der Waals surface area contributed by atoms with Gasteiger partial charge in [0.2, 0.25) is 11.8 Å². The highest BCUT2D eigenvalue weighted by molar-refractivity contribution is 6.05. The van der Waals surface area contributed by atoms with Crippen LogP contribution < -0.4 is 5.32 Å². The van der Waals surface area contributed by atoms with Crippen molar-refractivity contribution in [3.8, 4) is 0 Å². The second-order valence-corrected chi connectivity index (χ2v) is 4.25. The Morgan fingerprint density at radius 1 is 1.50 bits per heavy atom. The number of ether oxygens (including phenoxy) is 2. The molecular weight excluding hydrogens is 242 g/mol. The summed E-state index contributed by atoms with van der Waals surface area (Å²) in [4.78, 5) is 22.7. The first-order valence-electron chi connectivity index (χ1n) is 5.58. The van der Waals surface area contributed by atoms with E-state index in [0.717, 1.165) is 0 Å². The number of carbonyl (C=O) groups excluding carboxylic acids is 2. The Balaban J connectivity index is 2.19. The van der Waals surface area contributed by atoms with Gasteiger partial charge in [-0.15, -0.1) is 0 Å². The average molecular weight is 257 g/mol. The summed E-state index contributed by atoms with van der Waals surface area (Å²) < 4.78 is 10.5. The van der Waals surface area contributed by atoms with Crippen molar-refractivity contribution in [1.29, 1.82) is 0 Å². The van der Waals surface area contributed by atoms with Crippen molar-refractivity contribution in [1.82, 2.24) is 5.32 Å². The van der Waals surface area contributed by atoms with Gasteiger partial charge >= 0.3 is 0 Å². The molecule has 100 valence electrons. The van der Waals surface area contributed by atoms with Crippen molar-refractivity contribution >= 4 is 11.8 Å². The van der Waals surface area contributed by atoms with Crippen LogP contribution in [0.3, 0.4) is 0 Å². The number of rotatable bonds is 3. The number of carbonyl (C=O) groups is 2. The van der Waals surface area contributed by atoms with Gasteiger partial charge in [0.05, 0.1) is 12.5 Å². The van der Waals surface area contributed by atoms with Crippen LogP contribution in [0.2, 0.25) is 0 Å². The normalized spacial score (nSPS) is 40.1. The Morgan fingerprint density at radius 3 is 2.78 bits per heavy atom. The molecule has 7 nitrogen and oxygen atoms in total. The fourth-order valence-electron chi connectivity index (χ4n) is 2.26. The van der Waals surface area contributed by atoms with E-state index in [4.69, 9.17) is 14.6 Å². The van der Waals surface area contributed by atoms with Crippen LogP contribution in [0.1, 0.15) is 0 Å². The van der Waals surface area contributed by atoms with E-state index < -0.39 is 42.1 Å². The van der Waals surface area contributed by atoms with Gasteiger partial charge in [0.1, 0.15) is 24.4 Å². The molecule has 0 bridgehead atoms. The van der Waals surface area contributed by atoms with Gasteiger partial charge in [-0.05, 0) is 0 Å². The van der Waals surface area contributed by atoms with E-state index in [0.29, 0.717) is 0 Å². The Labute approximate surface area is 103 Å². The van der Waals surface area contributed by atoms with Crippen LogP contribution in [0.25, 0.3) is 0 Å². The molecule has 0 saturated carbocycles. The van der Waals surface area contributed by atoms with Gasteiger partial charge < -0.3 is 19.7 Å². The number of hydrogen-bond donors (Lipinski definition) is 3. The second-order valence-electron chi connectivity index (χ2n) is 4.25. The minimum absolute atomic E-state index is 0.367. The molecule has 18 heavy (non-hydrogen) atoms. The fraction of sp³-hybridized carbons (Fsp3) is 0.636. The van der Waals surface area contributed by atoms with Gasteiger partial charge in [-0.3, -0.25) is 14.9 Å². The van der Waals surface area contributed by atoms with Crippen molar-refractivity contribution in [2.24, 2.45) is 5.92 Å². The van der Waals surface area contributed by atoms with E-state index in [9.17, 15) is 14.7 Å². The van der Waals surface area contributed by atoms with Gasteiger partial charge in [0, 0.05) is 13.2 Å². The minimum atomic E-state index is -1.01. The Morgan fingerprint density at radius 2 is 2.22 bits per heavy atom. The first-order valence-corrected chi connectivity index (χ1v) is 5.58. The van der Waals surface area contributed by atoms with E-state index in [-0.39, 0.29) is 6.61 Å². The predicted molar refractivity (Wildman–Crippen MR) is 58.3 cm³/mol. The molecule has 3 N–H and O–H groups in total. The zero-order valence-electron chi connectivity index (χ0n) is 9.78. The van der Waals surface area contributed by atoms with Crippen molar-refractivity contribution in [2.75, 3.05) is 13.7 Å². The molecule has 0 spiro atoms. The monoisotopic (exact) mass is 257 g/mol. The number of nitrogens with one attached hydrogen (secondary N) is 1. The fourth-order valence-corrected chi connectivity index (χ4v) is 2.26. The molecule has 1 fully saturated rings. The molecule has 1 saturated heterocycles. The van der Waals surface area contributed by atoms with Gasteiger partial charge in [0.15, 0.2) is 0 Å². The van der Waals surface area contributed by atoms with Crippen LogP contribution in [-0.4, -0.2) is 60.2 Å². The lowest BCUT2D eigenvalue weighted by molar-refractivity contribution is -0.136. The van der Waals surface area contributed by atoms with Gasteiger partial charge in [-0.25, -0.2) is 0 Å². The highest BCUT2D eigenvalue weighted by Crippen LogP contribution is 2.30. The molecule has 2 rings (SSSR count). The number of methoxy groups -OCH3 is 1. The van der Waals surface area contributed by atoms with E-state index in [1.165, 1.54) is 19.3 Å². The van der Waals surface area contributed by atoms with Crippen molar-refractivity contribution in [3.05, 3.63) is 12.2 Å². The maximum atomic E-state index is 11.7. The SMILES string of the molecule is CO[C@@H]1[C@H](O)[C@@H](CO)O[C@H]1C1C=CC(=O)NC1=O. The van der Waals surface area contributed by atoms with Crippen molar-refractivity contribution < 1.29 is 29.3 Å². The average Bonchev–Trinajstić information content (AvgIpc) is 2.65. The van der Waals surface area contributed by atoms with Gasteiger partial charge in [-0.2, -0.15) is 0 Å². The minimum Gasteiger partial charge on any atom is -0.394 e. The van der Waals surface area contributed by atoms with Crippen LogP contribution >= 0.6 is 0 Å². The first-order chi connectivity index (χ1) is 8.58.